The van der Waals surface area contributed by atoms with E-state index in [0.29, 0.717) is 0 Å². The molecule has 0 aliphatic rings. The van der Waals surface area contributed by atoms with Gasteiger partial charge in [-0.2, -0.15) is 0 Å². The Labute approximate surface area is 92.9 Å². The standard InChI is InChI=1S/C12H13NO3/c1-6-4-9-8(5-10(6)16-3)7(2)11(13-9)12(14)15/h4-5,13H,1-3H3,(H,14,15). The van der Waals surface area contributed by atoms with Crippen LogP contribution < -0.4 is 4.74 Å². The summed E-state index contributed by atoms with van der Waals surface area (Å²) >= 11 is 0. The Kier molecular flexibility index (Phi) is 2.34. The third kappa shape index (κ3) is 1.43. The van der Waals surface area contributed by atoms with Crippen molar-refractivity contribution in [2.45, 2.75) is 13.8 Å². The summed E-state index contributed by atoms with van der Waals surface area (Å²) < 4.78 is 5.22. The number of aromatic carboxylic acids is 1. The predicted molar refractivity (Wildman–Crippen MR) is 61.3 cm³/mol. The molecule has 4 heteroatoms. The Morgan fingerprint density at radius 2 is 2.06 bits per heavy atom. The molecule has 16 heavy (non-hydrogen) atoms. The normalized spacial score (nSPS) is 10.7. The Balaban J connectivity index is 2.77. The van der Waals surface area contributed by atoms with E-state index in [9.17, 15) is 4.79 Å². The number of aromatic amines is 1. The van der Waals surface area contributed by atoms with Crippen molar-refractivity contribution in [3.8, 4) is 5.75 Å². The maximum atomic E-state index is 11.0. The molecule has 84 valence electrons. The van der Waals surface area contributed by atoms with Gasteiger partial charge >= 0.3 is 5.97 Å². The van der Waals surface area contributed by atoms with E-state index in [4.69, 9.17) is 9.84 Å². The number of carboxylic acid groups (broad SMARTS) is 1. The van der Waals surface area contributed by atoms with Crippen LogP contribution in [0.15, 0.2) is 12.1 Å². The van der Waals surface area contributed by atoms with Gasteiger partial charge in [-0.3, -0.25) is 0 Å². The molecule has 0 spiro atoms. The van der Waals surface area contributed by atoms with E-state index in [2.05, 4.69) is 4.98 Å². The Hall–Kier alpha value is -1.97. The summed E-state index contributed by atoms with van der Waals surface area (Å²) in [5.74, 6) is -0.170. The number of fused-ring (bicyclic) bond motifs is 1. The zero-order chi connectivity index (χ0) is 11.9. The van der Waals surface area contributed by atoms with Crippen LogP contribution in [0.5, 0.6) is 5.75 Å². The molecule has 2 rings (SSSR count). The van der Waals surface area contributed by atoms with Crippen molar-refractivity contribution in [3.05, 3.63) is 29.0 Å². The summed E-state index contributed by atoms with van der Waals surface area (Å²) in [5, 5.41) is 9.89. The summed E-state index contributed by atoms with van der Waals surface area (Å²) in [6.45, 7) is 3.71. The lowest BCUT2D eigenvalue weighted by Gasteiger charge is -2.04. The van der Waals surface area contributed by atoms with Gasteiger partial charge in [-0.05, 0) is 37.1 Å². The van der Waals surface area contributed by atoms with Crippen molar-refractivity contribution in [1.82, 2.24) is 4.98 Å². The molecule has 0 atom stereocenters. The van der Waals surface area contributed by atoms with Gasteiger partial charge in [0.25, 0.3) is 0 Å². The Morgan fingerprint density at radius 1 is 1.38 bits per heavy atom. The number of carbonyl (C=O) groups is 1. The molecule has 0 saturated heterocycles. The zero-order valence-electron chi connectivity index (χ0n) is 9.42. The second-order valence-electron chi connectivity index (χ2n) is 3.80. The number of rotatable bonds is 2. The number of nitrogens with one attached hydrogen (secondary N) is 1. The summed E-state index contributed by atoms with van der Waals surface area (Å²) in [5.41, 5.74) is 2.78. The molecule has 0 unspecified atom stereocenters. The van der Waals surface area contributed by atoms with Gasteiger partial charge in [0.2, 0.25) is 0 Å². The van der Waals surface area contributed by atoms with Crippen LogP contribution in [0.25, 0.3) is 10.9 Å². The lowest BCUT2D eigenvalue weighted by atomic mass is 10.1. The van der Waals surface area contributed by atoms with Crippen LogP contribution >= 0.6 is 0 Å². The molecule has 0 aliphatic heterocycles. The smallest absolute Gasteiger partial charge is 0.352 e. The number of benzene rings is 1. The van der Waals surface area contributed by atoms with Crippen LogP contribution in [0.1, 0.15) is 21.6 Å². The second kappa shape index (κ2) is 3.56. The van der Waals surface area contributed by atoms with Gasteiger partial charge in [0.15, 0.2) is 0 Å². The highest BCUT2D eigenvalue weighted by atomic mass is 16.5. The number of aromatic nitrogens is 1. The van der Waals surface area contributed by atoms with Gasteiger partial charge in [0, 0.05) is 10.9 Å². The van der Waals surface area contributed by atoms with E-state index in [0.717, 1.165) is 27.8 Å². The minimum Gasteiger partial charge on any atom is -0.496 e. The van der Waals surface area contributed by atoms with Crippen LogP contribution in [-0.2, 0) is 0 Å². The fraction of sp³-hybridized carbons (Fsp3) is 0.250. The molecule has 1 aromatic carbocycles. The average molecular weight is 219 g/mol. The molecule has 0 radical (unpaired) electrons. The van der Waals surface area contributed by atoms with Crippen LogP contribution in [0.4, 0.5) is 0 Å². The van der Waals surface area contributed by atoms with Crippen LogP contribution in [-0.4, -0.2) is 23.2 Å². The largest absolute Gasteiger partial charge is 0.496 e. The van der Waals surface area contributed by atoms with E-state index in [1.54, 1.807) is 14.0 Å². The van der Waals surface area contributed by atoms with Crippen LogP contribution in [0.2, 0.25) is 0 Å². The molecular weight excluding hydrogens is 206 g/mol. The van der Waals surface area contributed by atoms with Crippen molar-refractivity contribution >= 4 is 16.9 Å². The number of H-pyrrole nitrogens is 1. The van der Waals surface area contributed by atoms with E-state index in [-0.39, 0.29) is 5.69 Å². The summed E-state index contributed by atoms with van der Waals surface area (Å²) in [4.78, 5) is 13.9. The molecule has 0 aliphatic carbocycles. The topological polar surface area (TPSA) is 62.3 Å². The van der Waals surface area contributed by atoms with Crippen molar-refractivity contribution in [1.29, 1.82) is 0 Å². The average Bonchev–Trinajstić information content (AvgIpc) is 2.54. The van der Waals surface area contributed by atoms with Gasteiger partial charge in [-0.25, -0.2) is 4.79 Å². The quantitative estimate of drug-likeness (QED) is 0.815. The maximum absolute atomic E-state index is 11.0. The van der Waals surface area contributed by atoms with E-state index in [1.807, 2.05) is 19.1 Å². The fourth-order valence-corrected chi connectivity index (χ4v) is 1.90. The third-order valence-electron chi connectivity index (χ3n) is 2.79. The Morgan fingerprint density at radius 3 is 2.62 bits per heavy atom. The minimum atomic E-state index is -0.940. The van der Waals surface area contributed by atoms with Crippen molar-refractivity contribution in [2.75, 3.05) is 7.11 Å². The number of ether oxygens (including phenoxy) is 1. The van der Waals surface area contributed by atoms with Gasteiger partial charge in [0.05, 0.1) is 7.11 Å². The summed E-state index contributed by atoms with van der Waals surface area (Å²) in [6.07, 6.45) is 0. The lowest BCUT2D eigenvalue weighted by molar-refractivity contribution is 0.0691. The first-order chi connectivity index (χ1) is 7.54. The van der Waals surface area contributed by atoms with Crippen molar-refractivity contribution in [3.63, 3.8) is 0 Å². The Bertz CT molecular complexity index is 569. The van der Waals surface area contributed by atoms with Crippen molar-refractivity contribution < 1.29 is 14.6 Å². The minimum absolute atomic E-state index is 0.239. The lowest BCUT2D eigenvalue weighted by Crippen LogP contribution is -1.97. The second-order valence-corrected chi connectivity index (χ2v) is 3.80. The molecule has 0 saturated carbocycles. The molecular formula is C12H13NO3. The summed E-state index contributed by atoms with van der Waals surface area (Å²) in [7, 11) is 1.61. The number of hydrogen-bond acceptors (Lipinski definition) is 2. The van der Waals surface area contributed by atoms with E-state index in [1.165, 1.54) is 0 Å². The number of aryl methyl sites for hydroxylation is 2. The number of methoxy groups -OCH3 is 1. The first-order valence-corrected chi connectivity index (χ1v) is 4.94. The molecule has 2 aromatic rings. The SMILES string of the molecule is COc1cc2c(C)c(C(=O)O)[nH]c2cc1C. The number of hydrogen-bond donors (Lipinski definition) is 2. The summed E-state index contributed by atoms with van der Waals surface area (Å²) in [6, 6.07) is 3.76. The van der Waals surface area contributed by atoms with Gasteiger partial charge < -0.3 is 14.8 Å². The fourth-order valence-electron chi connectivity index (χ4n) is 1.90. The van der Waals surface area contributed by atoms with Crippen molar-refractivity contribution in [2.24, 2.45) is 0 Å². The number of carboxylic acids is 1. The molecule has 2 N–H and O–H groups in total. The first-order valence-electron chi connectivity index (χ1n) is 4.94. The molecule has 0 amide bonds. The van der Waals surface area contributed by atoms with Gasteiger partial charge in [-0.15, -0.1) is 0 Å². The predicted octanol–water partition coefficient (Wildman–Crippen LogP) is 2.49. The zero-order valence-corrected chi connectivity index (χ0v) is 9.42. The van der Waals surface area contributed by atoms with Crippen LogP contribution in [0.3, 0.4) is 0 Å². The van der Waals surface area contributed by atoms with Gasteiger partial charge in [0.1, 0.15) is 11.4 Å². The van der Waals surface area contributed by atoms with E-state index < -0.39 is 5.97 Å². The van der Waals surface area contributed by atoms with E-state index >= 15 is 0 Å². The highest BCUT2D eigenvalue weighted by Crippen LogP contribution is 2.28. The monoisotopic (exact) mass is 219 g/mol. The maximum Gasteiger partial charge on any atom is 0.352 e. The molecule has 0 fully saturated rings. The first kappa shape index (κ1) is 10.5. The molecule has 1 heterocycles. The highest BCUT2D eigenvalue weighted by molar-refractivity contribution is 5.97. The highest BCUT2D eigenvalue weighted by Gasteiger charge is 2.14. The third-order valence-corrected chi connectivity index (χ3v) is 2.79. The van der Waals surface area contributed by atoms with Crippen LogP contribution in [0, 0.1) is 13.8 Å². The molecule has 4 nitrogen and oxygen atoms in total. The molecule has 1 aromatic heterocycles. The molecule has 0 bridgehead atoms. The van der Waals surface area contributed by atoms with Gasteiger partial charge in [-0.1, -0.05) is 0 Å².